The summed E-state index contributed by atoms with van der Waals surface area (Å²) in [6, 6.07) is 14.0. The first-order valence-electron chi connectivity index (χ1n) is 10.9. The average molecular weight is 466 g/mol. The van der Waals surface area contributed by atoms with Crippen molar-refractivity contribution in [2.75, 3.05) is 19.7 Å². The maximum Gasteiger partial charge on any atom is 0.410 e. The summed E-state index contributed by atoms with van der Waals surface area (Å²) < 4.78 is 11.6. The third-order valence-corrected chi connectivity index (χ3v) is 6.92. The van der Waals surface area contributed by atoms with Crippen LogP contribution in [0, 0.1) is 0 Å². The zero-order chi connectivity index (χ0) is 22.8. The molecule has 33 heavy (non-hydrogen) atoms. The SMILES string of the molecule is O=C(OCc1ccccc1)C1COC(=O)N1C1CCN(C(=O)c2ccc3ncsc3c2)CC1. The smallest absolute Gasteiger partial charge is 0.410 e. The van der Waals surface area contributed by atoms with E-state index in [2.05, 4.69) is 4.98 Å². The van der Waals surface area contributed by atoms with Gasteiger partial charge in [0.2, 0.25) is 0 Å². The number of hydrogen-bond acceptors (Lipinski definition) is 7. The van der Waals surface area contributed by atoms with Gasteiger partial charge in [-0.15, -0.1) is 11.3 Å². The highest BCUT2D eigenvalue weighted by atomic mass is 32.1. The van der Waals surface area contributed by atoms with E-state index in [0.717, 1.165) is 15.8 Å². The van der Waals surface area contributed by atoms with E-state index in [0.29, 0.717) is 31.5 Å². The van der Waals surface area contributed by atoms with E-state index in [9.17, 15) is 14.4 Å². The third-order valence-electron chi connectivity index (χ3n) is 6.13. The van der Waals surface area contributed by atoms with Crippen LogP contribution in [0.4, 0.5) is 4.79 Å². The highest BCUT2D eigenvalue weighted by Crippen LogP contribution is 2.26. The summed E-state index contributed by atoms with van der Waals surface area (Å²) in [6.45, 7) is 1.13. The van der Waals surface area contributed by atoms with Gasteiger partial charge in [0.05, 0.1) is 15.7 Å². The first-order valence-corrected chi connectivity index (χ1v) is 11.8. The van der Waals surface area contributed by atoms with Crippen molar-refractivity contribution in [1.29, 1.82) is 0 Å². The van der Waals surface area contributed by atoms with E-state index in [1.165, 1.54) is 16.2 Å². The Bertz CT molecular complexity index is 1170. The van der Waals surface area contributed by atoms with Gasteiger partial charge in [0.25, 0.3) is 5.91 Å². The summed E-state index contributed by atoms with van der Waals surface area (Å²) in [6.07, 6.45) is 0.648. The van der Waals surface area contributed by atoms with Gasteiger partial charge >= 0.3 is 12.1 Å². The van der Waals surface area contributed by atoms with Gasteiger partial charge in [0.15, 0.2) is 6.04 Å². The van der Waals surface area contributed by atoms with Crippen molar-refractivity contribution >= 4 is 39.5 Å². The number of aromatic nitrogens is 1. The molecule has 3 aromatic rings. The number of carbonyl (C=O) groups is 3. The highest BCUT2D eigenvalue weighted by molar-refractivity contribution is 7.16. The number of benzene rings is 2. The van der Waals surface area contributed by atoms with Gasteiger partial charge in [-0.3, -0.25) is 9.69 Å². The summed E-state index contributed by atoms with van der Waals surface area (Å²) in [5.41, 5.74) is 4.16. The molecule has 0 saturated carbocycles. The molecular weight excluding hydrogens is 442 g/mol. The lowest BCUT2D eigenvalue weighted by atomic mass is 10.0. The fourth-order valence-electron chi connectivity index (χ4n) is 4.36. The predicted molar refractivity (Wildman–Crippen MR) is 122 cm³/mol. The Kier molecular flexibility index (Phi) is 5.95. The number of esters is 1. The number of ether oxygens (including phenoxy) is 2. The lowest BCUT2D eigenvalue weighted by Gasteiger charge is -2.37. The zero-order valence-corrected chi connectivity index (χ0v) is 18.7. The number of rotatable bonds is 5. The van der Waals surface area contributed by atoms with E-state index >= 15 is 0 Å². The number of hydrogen-bond donors (Lipinski definition) is 0. The molecule has 2 amide bonds. The minimum Gasteiger partial charge on any atom is -0.459 e. The normalized spacial score (nSPS) is 19.0. The summed E-state index contributed by atoms with van der Waals surface area (Å²) in [5, 5.41) is 0. The molecule has 0 N–H and O–H groups in total. The topological polar surface area (TPSA) is 89.0 Å². The van der Waals surface area contributed by atoms with Crippen LogP contribution in [0.2, 0.25) is 0 Å². The molecule has 1 unspecified atom stereocenters. The molecule has 0 aliphatic carbocycles. The quantitative estimate of drug-likeness (QED) is 0.536. The van der Waals surface area contributed by atoms with Crippen LogP contribution in [-0.4, -0.2) is 64.5 Å². The maximum absolute atomic E-state index is 13.0. The van der Waals surface area contributed by atoms with Gasteiger partial charge in [-0.25, -0.2) is 14.6 Å². The lowest BCUT2D eigenvalue weighted by Crippen LogP contribution is -2.52. The van der Waals surface area contributed by atoms with E-state index in [1.54, 1.807) is 16.5 Å². The fourth-order valence-corrected chi connectivity index (χ4v) is 5.08. The number of amides is 2. The molecule has 1 aromatic heterocycles. The molecule has 170 valence electrons. The fraction of sp³-hybridized carbons (Fsp3) is 0.333. The standard InChI is InChI=1S/C24H23N3O5S/c28-22(17-6-7-19-21(12-17)33-15-25-19)26-10-8-18(9-11-26)27-20(14-32-24(27)30)23(29)31-13-16-4-2-1-3-5-16/h1-7,12,15,18,20H,8-11,13-14H2. The van der Waals surface area contributed by atoms with Crippen LogP contribution in [-0.2, 0) is 20.9 Å². The Morgan fingerprint density at radius 2 is 1.91 bits per heavy atom. The Morgan fingerprint density at radius 1 is 1.12 bits per heavy atom. The summed E-state index contributed by atoms with van der Waals surface area (Å²) in [7, 11) is 0. The number of piperidine rings is 1. The summed E-state index contributed by atoms with van der Waals surface area (Å²) >= 11 is 1.50. The number of fused-ring (bicyclic) bond motifs is 1. The van der Waals surface area contributed by atoms with E-state index in [1.807, 2.05) is 42.5 Å². The second-order valence-corrected chi connectivity index (χ2v) is 9.04. The van der Waals surface area contributed by atoms with Gasteiger partial charge in [-0.05, 0) is 36.6 Å². The third kappa shape index (κ3) is 4.41. The van der Waals surface area contributed by atoms with E-state index in [-0.39, 0.29) is 25.2 Å². The number of carbonyl (C=O) groups excluding carboxylic acids is 3. The van der Waals surface area contributed by atoms with Gasteiger partial charge < -0.3 is 14.4 Å². The average Bonchev–Trinajstić information content (AvgIpc) is 3.49. The van der Waals surface area contributed by atoms with E-state index in [4.69, 9.17) is 9.47 Å². The maximum atomic E-state index is 13.0. The largest absolute Gasteiger partial charge is 0.459 e. The first-order chi connectivity index (χ1) is 16.1. The number of likely N-dealkylation sites (tertiary alicyclic amines) is 1. The van der Waals surface area contributed by atoms with Gasteiger partial charge in [0.1, 0.15) is 13.2 Å². The molecule has 0 radical (unpaired) electrons. The highest BCUT2D eigenvalue weighted by Gasteiger charge is 2.44. The van der Waals surface area contributed by atoms with Crippen LogP contribution in [0.3, 0.4) is 0 Å². The minimum absolute atomic E-state index is 0.0134. The summed E-state index contributed by atoms with van der Waals surface area (Å²) in [5.74, 6) is -0.507. The molecule has 2 saturated heterocycles. The van der Waals surface area contributed by atoms with Crippen molar-refractivity contribution in [3.63, 3.8) is 0 Å². The van der Waals surface area contributed by atoms with Crippen LogP contribution < -0.4 is 0 Å². The van der Waals surface area contributed by atoms with Crippen LogP contribution in [0.5, 0.6) is 0 Å². The number of thiazole rings is 1. The van der Waals surface area contributed by atoms with E-state index < -0.39 is 18.1 Å². The van der Waals surface area contributed by atoms with Crippen molar-refractivity contribution in [3.8, 4) is 0 Å². The molecular formula is C24H23N3O5S. The van der Waals surface area contributed by atoms with Crippen molar-refractivity contribution < 1.29 is 23.9 Å². The molecule has 2 aliphatic rings. The molecule has 2 aliphatic heterocycles. The predicted octanol–water partition coefficient (Wildman–Crippen LogP) is 3.47. The minimum atomic E-state index is -0.762. The van der Waals surface area contributed by atoms with Crippen molar-refractivity contribution in [2.24, 2.45) is 0 Å². The van der Waals surface area contributed by atoms with Gasteiger partial charge in [-0.2, -0.15) is 0 Å². The van der Waals surface area contributed by atoms with Gasteiger partial charge in [-0.1, -0.05) is 30.3 Å². The zero-order valence-electron chi connectivity index (χ0n) is 17.9. The molecule has 0 bridgehead atoms. The second-order valence-electron chi connectivity index (χ2n) is 8.15. The van der Waals surface area contributed by atoms with Crippen LogP contribution in [0.25, 0.3) is 10.2 Å². The lowest BCUT2D eigenvalue weighted by molar-refractivity contribution is -0.150. The van der Waals surface area contributed by atoms with Crippen molar-refractivity contribution in [3.05, 3.63) is 65.2 Å². The van der Waals surface area contributed by atoms with Crippen LogP contribution >= 0.6 is 11.3 Å². The molecule has 8 nitrogen and oxygen atoms in total. The number of cyclic esters (lactones) is 1. The molecule has 5 rings (SSSR count). The summed E-state index contributed by atoms with van der Waals surface area (Å²) in [4.78, 5) is 45.6. The van der Waals surface area contributed by atoms with Crippen molar-refractivity contribution in [1.82, 2.24) is 14.8 Å². The van der Waals surface area contributed by atoms with Crippen LogP contribution in [0.15, 0.2) is 54.0 Å². The first kappa shape index (κ1) is 21.4. The molecule has 2 aromatic carbocycles. The Hall–Kier alpha value is -3.46. The molecule has 2 fully saturated rings. The second kappa shape index (κ2) is 9.19. The van der Waals surface area contributed by atoms with Crippen molar-refractivity contribution in [2.45, 2.75) is 31.5 Å². The van der Waals surface area contributed by atoms with Gasteiger partial charge in [0, 0.05) is 24.7 Å². The molecule has 9 heteroatoms. The Morgan fingerprint density at radius 3 is 2.70 bits per heavy atom. The molecule has 3 heterocycles. The Balaban J connectivity index is 1.20. The molecule has 1 atom stereocenters. The Labute approximate surface area is 194 Å². The number of nitrogens with zero attached hydrogens (tertiary/aromatic N) is 3. The monoisotopic (exact) mass is 465 g/mol. The molecule has 0 spiro atoms. The van der Waals surface area contributed by atoms with Crippen LogP contribution in [0.1, 0.15) is 28.8 Å².